The number of rotatable bonds is 1. The molecule has 4 fully saturated rings. The van der Waals surface area contributed by atoms with Crippen molar-refractivity contribution in [3.8, 4) is 11.5 Å². The summed E-state index contributed by atoms with van der Waals surface area (Å²) in [6, 6.07) is 4.29. The molecule has 4 unspecified atom stereocenters. The zero-order valence-corrected chi connectivity index (χ0v) is 13.3. The van der Waals surface area contributed by atoms with E-state index in [1.807, 2.05) is 6.07 Å². The van der Waals surface area contributed by atoms with Crippen LogP contribution < -0.4 is 9.47 Å². The van der Waals surface area contributed by atoms with E-state index in [1.54, 1.807) is 7.11 Å². The average molecular weight is 298 g/mol. The summed E-state index contributed by atoms with van der Waals surface area (Å²) in [5.74, 6) is 3.23. The van der Waals surface area contributed by atoms with Gasteiger partial charge in [-0.15, -0.1) is 0 Å². The largest absolute Gasteiger partial charge is 0.493 e. The van der Waals surface area contributed by atoms with Crippen LogP contribution in [0, 0.1) is 22.7 Å². The second-order valence-electron chi connectivity index (χ2n) is 8.55. The van der Waals surface area contributed by atoms with Crippen LogP contribution in [0.3, 0.4) is 0 Å². The molecule has 0 amide bonds. The highest BCUT2D eigenvalue weighted by Gasteiger charge is 2.90. The van der Waals surface area contributed by atoms with Gasteiger partial charge in [0.1, 0.15) is 6.10 Å². The van der Waals surface area contributed by atoms with Gasteiger partial charge in [0.05, 0.1) is 13.2 Å². The minimum Gasteiger partial charge on any atom is -0.493 e. The van der Waals surface area contributed by atoms with E-state index in [1.165, 1.54) is 24.0 Å². The molecule has 1 N–H and O–H groups in total. The maximum atomic E-state index is 10.8. The lowest BCUT2D eigenvalue weighted by molar-refractivity contribution is -0.386. The molecule has 0 radical (unpaired) electrons. The lowest BCUT2D eigenvalue weighted by atomic mass is 9.15. The number of benzene rings is 1. The lowest BCUT2D eigenvalue weighted by Crippen LogP contribution is -2.88. The van der Waals surface area contributed by atoms with E-state index in [9.17, 15) is 5.11 Å². The Hall–Kier alpha value is -1.22. The highest BCUT2D eigenvalue weighted by atomic mass is 16.5. The van der Waals surface area contributed by atoms with Crippen LogP contribution >= 0.6 is 0 Å². The van der Waals surface area contributed by atoms with Gasteiger partial charge in [0.2, 0.25) is 0 Å². The molecule has 1 aliphatic heterocycles. The fourth-order valence-corrected chi connectivity index (χ4v) is 7.96. The highest BCUT2D eigenvalue weighted by molar-refractivity contribution is 5.66. The summed E-state index contributed by atoms with van der Waals surface area (Å²) in [6.45, 7) is 4.90. The van der Waals surface area contributed by atoms with E-state index in [2.05, 4.69) is 19.9 Å². The van der Waals surface area contributed by atoms with Crippen molar-refractivity contribution in [2.45, 2.75) is 50.7 Å². The van der Waals surface area contributed by atoms with Gasteiger partial charge in [0.25, 0.3) is 0 Å². The molecule has 0 saturated heterocycles. The van der Waals surface area contributed by atoms with Gasteiger partial charge in [-0.2, -0.15) is 0 Å². The van der Waals surface area contributed by atoms with Crippen molar-refractivity contribution >= 4 is 0 Å². The smallest absolute Gasteiger partial charge is 0.165 e. The number of hydrogen-bond acceptors (Lipinski definition) is 3. The average Bonchev–Trinajstić information content (AvgIpc) is 2.88. The number of ether oxygens (including phenoxy) is 2. The molecule has 1 heterocycles. The summed E-state index contributed by atoms with van der Waals surface area (Å²) >= 11 is 0. The molecular weight excluding hydrogens is 276 g/mol. The third-order valence-corrected chi connectivity index (χ3v) is 8.74. The Morgan fingerprint density at radius 3 is 2.95 bits per heavy atom. The first-order valence-electron chi connectivity index (χ1n) is 8.56. The van der Waals surface area contributed by atoms with E-state index in [0.717, 1.165) is 29.8 Å². The Kier molecular flexibility index (Phi) is 1.70. The second kappa shape index (κ2) is 3.06. The van der Waals surface area contributed by atoms with Crippen LogP contribution in [0.2, 0.25) is 0 Å². The van der Waals surface area contributed by atoms with Gasteiger partial charge in [-0.3, -0.25) is 0 Å². The van der Waals surface area contributed by atoms with E-state index in [-0.39, 0.29) is 17.6 Å². The van der Waals surface area contributed by atoms with Gasteiger partial charge in [-0.05, 0) is 53.6 Å². The zero-order chi connectivity index (χ0) is 15.1. The Bertz CT molecular complexity index is 742. The molecule has 7 rings (SSSR count). The quantitative estimate of drug-likeness (QED) is 0.866. The maximum Gasteiger partial charge on any atom is 0.165 e. The highest BCUT2D eigenvalue weighted by Crippen LogP contribution is 2.91. The Morgan fingerprint density at radius 2 is 2.18 bits per heavy atom. The summed E-state index contributed by atoms with van der Waals surface area (Å²) in [5, 5.41) is 10.8. The van der Waals surface area contributed by atoms with Crippen LogP contribution in [0.5, 0.6) is 11.5 Å². The SMILES string of the molecule is COc1ccc2c3c1OC1C(O)CC45C[C@]31[C@]4(C)[C@@H](C2)C5C. The van der Waals surface area contributed by atoms with E-state index in [4.69, 9.17) is 9.47 Å². The van der Waals surface area contributed by atoms with Crippen LogP contribution in [-0.2, 0) is 11.8 Å². The predicted molar refractivity (Wildman–Crippen MR) is 81.2 cm³/mol. The summed E-state index contributed by atoms with van der Waals surface area (Å²) in [6.07, 6.45) is 2.87. The van der Waals surface area contributed by atoms with Crippen molar-refractivity contribution in [3.63, 3.8) is 0 Å². The summed E-state index contributed by atoms with van der Waals surface area (Å²) in [7, 11) is 1.71. The van der Waals surface area contributed by atoms with Crippen molar-refractivity contribution in [2.75, 3.05) is 7.11 Å². The summed E-state index contributed by atoms with van der Waals surface area (Å²) < 4.78 is 11.9. The molecule has 4 saturated carbocycles. The van der Waals surface area contributed by atoms with Gasteiger partial charge in [0, 0.05) is 11.0 Å². The normalized spacial score (nSPS) is 54.7. The molecule has 2 bridgehead atoms. The first-order chi connectivity index (χ1) is 10.5. The van der Waals surface area contributed by atoms with Gasteiger partial charge >= 0.3 is 0 Å². The van der Waals surface area contributed by atoms with Gasteiger partial charge in [0.15, 0.2) is 11.5 Å². The molecular formula is C19H22O3. The van der Waals surface area contributed by atoms with E-state index < -0.39 is 0 Å². The molecule has 1 aromatic carbocycles. The number of fused-ring (bicyclic) bond motifs is 1. The van der Waals surface area contributed by atoms with Crippen LogP contribution in [0.1, 0.15) is 37.8 Å². The van der Waals surface area contributed by atoms with Gasteiger partial charge < -0.3 is 14.6 Å². The van der Waals surface area contributed by atoms with Crippen LogP contribution in [0.15, 0.2) is 12.1 Å². The first kappa shape index (κ1) is 12.2. The molecule has 5 aliphatic carbocycles. The third-order valence-electron chi connectivity index (χ3n) is 8.74. The molecule has 0 aromatic heterocycles. The third kappa shape index (κ3) is 0.788. The van der Waals surface area contributed by atoms with Crippen molar-refractivity contribution in [1.82, 2.24) is 0 Å². The van der Waals surface area contributed by atoms with E-state index >= 15 is 0 Å². The summed E-state index contributed by atoms with van der Waals surface area (Å²) in [5.41, 5.74) is 3.53. The minimum absolute atomic E-state index is 0.0410. The van der Waals surface area contributed by atoms with Crippen molar-refractivity contribution in [2.24, 2.45) is 22.7 Å². The van der Waals surface area contributed by atoms with Crippen molar-refractivity contribution in [1.29, 1.82) is 0 Å². The van der Waals surface area contributed by atoms with Crippen LogP contribution in [0.25, 0.3) is 0 Å². The Balaban J connectivity index is 1.70. The van der Waals surface area contributed by atoms with E-state index in [0.29, 0.717) is 10.8 Å². The number of methoxy groups -OCH3 is 1. The molecule has 2 spiro atoms. The topological polar surface area (TPSA) is 38.7 Å². The van der Waals surface area contributed by atoms with Crippen molar-refractivity contribution < 1.29 is 14.6 Å². The Labute approximate surface area is 130 Å². The van der Waals surface area contributed by atoms with Crippen LogP contribution in [0.4, 0.5) is 0 Å². The Morgan fingerprint density at radius 1 is 1.36 bits per heavy atom. The fraction of sp³-hybridized carbons (Fsp3) is 0.684. The molecule has 3 heteroatoms. The molecule has 22 heavy (non-hydrogen) atoms. The standard InChI is InChI=1S/C19H22O3/c1-9-11-6-10-4-5-13(21-3)15-14(10)19-8-18(9,17(11,19)2)7-12(20)16(19)22-15/h4-5,9,11-12,16,20H,6-8H2,1-3H3/t9?,11-,12?,16?,17+,18?,19-/m0/s1. The second-order valence-corrected chi connectivity index (χ2v) is 8.55. The van der Waals surface area contributed by atoms with Gasteiger partial charge in [-0.25, -0.2) is 0 Å². The number of aliphatic hydroxyl groups is 1. The molecule has 3 nitrogen and oxygen atoms in total. The molecule has 116 valence electrons. The minimum atomic E-state index is -0.340. The van der Waals surface area contributed by atoms with Crippen LogP contribution in [-0.4, -0.2) is 24.4 Å². The summed E-state index contributed by atoms with van der Waals surface area (Å²) in [4.78, 5) is 0. The lowest BCUT2D eigenvalue weighted by Gasteiger charge is -2.88. The number of aliphatic hydroxyl groups excluding tert-OH is 1. The van der Waals surface area contributed by atoms with Crippen molar-refractivity contribution in [3.05, 3.63) is 23.3 Å². The molecule has 6 aliphatic rings. The molecule has 1 aromatic rings. The molecule has 7 atom stereocenters. The zero-order valence-electron chi connectivity index (χ0n) is 13.3. The number of hydrogen-bond donors (Lipinski definition) is 1. The maximum absolute atomic E-state index is 10.8. The first-order valence-corrected chi connectivity index (χ1v) is 8.56. The fourth-order valence-electron chi connectivity index (χ4n) is 7.96. The monoisotopic (exact) mass is 298 g/mol. The van der Waals surface area contributed by atoms with Gasteiger partial charge in [-0.1, -0.05) is 19.9 Å². The predicted octanol–water partition coefficient (Wildman–Crippen LogP) is 2.68.